The molecule has 0 unspecified atom stereocenters. The van der Waals surface area contributed by atoms with Crippen molar-refractivity contribution < 1.29 is 4.74 Å². The summed E-state index contributed by atoms with van der Waals surface area (Å²) in [6.45, 7) is 10.1. The molecular formula is C24H30N8O. The maximum atomic E-state index is 6.13. The first-order chi connectivity index (χ1) is 15.9. The molecule has 1 aliphatic heterocycles. The van der Waals surface area contributed by atoms with E-state index >= 15 is 0 Å². The van der Waals surface area contributed by atoms with Crippen molar-refractivity contribution in [2.75, 3.05) is 43.4 Å². The van der Waals surface area contributed by atoms with Gasteiger partial charge in [-0.15, -0.1) is 0 Å². The lowest BCUT2D eigenvalue weighted by molar-refractivity contribution is 0.311. The molecule has 5 rings (SSSR count). The number of likely N-dealkylation sites (N-methyl/N-ethyl adjacent to an activating group) is 1. The lowest BCUT2D eigenvalue weighted by Gasteiger charge is -2.33. The Morgan fingerprint density at radius 3 is 2.58 bits per heavy atom. The van der Waals surface area contributed by atoms with Crippen LogP contribution < -0.4 is 15.0 Å². The maximum Gasteiger partial charge on any atom is 0.325 e. The van der Waals surface area contributed by atoms with Gasteiger partial charge in [0.05, 0.1) is 0 Å². The second kappa shape index (κ2) is 8.74. The average molecular weight is 447 g/mol. The fraction of sp³-hybridized carbons (Fsp3) is 0.375. The van der Waals surface area contributed by atoms with Crippen molar-refractivity contribution in [2.45, 2.75) is 26.7 Å². The molecule has 0 bridgehead atoms. The van der Waals surface area contributed by atoms with E-state index in [0.717, 1.165) is 60.1 Å². The van der Waals surface area contributed by atoms with Gasteiger partial charge in [0.25, 0.3) is 0 Å². The summed E-state index contributed by atoms with van der Waals surface area (Å²) >= 11 is 0. The standard InChI is InChI=1S/C24H30N8O/c1-15(2)20-13-22(30-29-20)26-21-14-23(32-9-7-31(4)8-10-32)28-24(27-21)33-18-5-6-19-17(12-18)11-16(3)25-19/h5-6,11-15,25H,7-10H2,1-4H3,(H2,26,27,28,29,30). The van der Waals surface area contributed by atoms with Crippen LogP contribution in [0, 0.1) is 6.92 Å². The zero-order chi connectivity index (χ0) is 22.9. The smallest absolute Gasteiger partial charge is 0.325 e. The summed E-state index contributed by atoms with van der Waals surface area (Å²) in [6.07, 6.45) is 0. The van der Waals surface area contributed by atoms with Gasteiger partial charge in [0.15, 0.2) is 5.82 Å². The number of piperazine rings is 1. The molecule has 9 heteroatoms. The van der Waals surface area contributed by atoms with Crippen LogP contribution in [0.1, 0.15) is 31.2 Å². The number of aromatic amines is 2. The van der Waals surface area contributed by atoms with Crippen LogP contribution in [-0.2, 0) is 0 Å². The Hall–Kier alpha value is -3.59. The number of H-pyrrole nitrogens is 2. The van der Waals surface area contributed by atoms with Crippen LogP contribution in [0.5, 0.6) is 11.8 Å². The summed E-state index contributed by atoms with van der Waals surface area (Å²) in [5.41, 5.74) is 3.26. The predicted octanol–water partition coefficient (Wildman–Crippen LogP) is 4.40. The number of aryl methyl sites for hydroxylation is 1. The molecule has 4 heterocycles. The van der Waals surface area contributed by atoms with E-state index in [4.69, 9.17) is 9.72 Å². The van der Waals surface area contributed by atoms with Crippen LogP contribution in [0.3, 0.4) is 0 Å². The van der Waals surface area contributed by atoms with Gasteiger partial charge >= 0.3 is 6.01 Å². The van der Waals surface area contributed by atoms with Crippen molar-refractivity contribution in [3.05, 3.63) is 47.8 Å². The first kappa shape index (κ1) is 21.3. The second-order valence-electron chi connectivity index (χ2n) is 8.98. The molecule has 172 valence electrons. The molecule has 1 aromatic carbocycles. The van der Waals surface area contributed by atoms with E-state index < -0.39 is 0 Å². The SMILES string of the molecule is Cc1cc2cc(Oc3nc(Nc4cc(C(C)C)[nH]n4)cc(N4CCN(C)CC4)n3)ccc2[nH]1. The largest absolute Gasteiger partial charge is 0.424 e. The van der Waals surface area contributed by atoms with Gasteiger partial charge in [0.1, 0.15) is 17.4 Å². The summed E-state index contributed by atoms with van der Waals surface area (Å²) in [5, 5.41) is 11.9. The summed E-state index contributed by atoms with van der Waals surface area (Å²) in [6, 6.07) is 12.3. The zero-order valence-electron chi connectivity index (χ0n) is 19.5. The Bertz CT molecular complexity index is 1250. The number of ether oxygens (including phenoxy) is 1. The van der Waals surface area contributed by atoms with Gasteiger partial charge in [0, 0.05) is 60.6 Å². The van der Waals surface area contributed by atoms with Crippen LogP contribution in [-0.4, -0.2) is 63.3 Å². The van der Waals surface area contributed by atoms with E-state index in [1.165, 1.54) is 0 Å². The Morgan fingerprint density at radius 2 is 1.82 bits per heavy atom. The van der Waals surface area contributed by atoms with Gasteiger partial charge in [-0.05, 0) is 44.2 Å². The molecule has 33 heavy (non-hydrogen) atoms. The highest BCUT2D eigenvalue weighted by atomic mass is 16.5. The lowest BCUT2D eigenvalue weighted by Crippen LogP contribution is -2.44. The Kier molecular flexibility index (Phi) is 5.63. The Labute approximate surface area is 193 Å². The van der Waals surface area contributed by atoms with E-state index in [-0.39, 0.29) is 0 Å². The van der Waals surface area contributed by atoms with Gasteiger partial charge in [0.2, 0.25) is 0 Å². The summed E-state index contributed by atoms with van der Waals surface area (Å²) in [4.78, 5) is 17.3. The van der Waals surface area contributed by atoms with Gasteiger partial charge in [-0.1, -0.05) is 13.8 Å². The van der Waals surface area contributed by atoms with Crippen LogP contribution in [0.25, 0.3) is 10.9 Å². The third-order valence-corrected chi connectivity index (χ3v) is 5.93. The van der Waals surface area contributed by atoms with E-state index in [0.29, 0.717) is 23.5 Å². The van der Waals surface area contributed by atoms with E-state index in [1.807, 2.05) is 37.3 Å². The molecule has 0 amide bonds. The van der Waals surface area contributed by atoms with Crippen molar-refractivity contribution in [3.8, 4) is 11.8 Å². The molecule has 1 fully saturated rings. The molecule has 3 aromatic heterocycles. The van der Waals surface area contributed by atoms with Crippen LogP contribution in [0.15, 0.2) is 36.4 Å². The highest BCUT2D eigenvalue weighted by Gasteiger charge is 2.18. The van der Waals surface area contributed by atoms with Crippen molar-refractivity contribution in [2.24, 2.45) is 0 Å². The molecule has 1 aliphatic rings. The van der Waals surface area contributed by atoms with Crippen molar-refractivity contribution in [1.82, 2.24) is 30.0 Å². The fourth-order valence-corrected chi connectivity index (χ4v) is 3.97. The fourth-order valence-electron chi connectivity index (χ4n) is 3.97. The molecular weight excluding hydrogens is 416 g/mol. The van der Waals surface area contributed by atoms with E-state index in [1.54, 1.807) is 0 Å². The first-order valence-electron chi connectivity index (χ1n) is 11.3. The molecule has 0 spiro atoms. The van der Waals surface area contributed by atoms with Crippen LogP contribution in [0.4, 0.5) is 17.5 Å². The van der Waals surface area contributed by atoms with E-state index in [2.05, 4.69) is 62.2 Å². The van der Waals surface area contributed by atoms with Crippen molar-refractivity contribution in [3.63, 3.8) is 0 Å². The van der Waals surface area contributed by atoms with Crippen LogP contribution >= 0.6 is 0 Å². The maximum absolute atomic E-state index is 6.13. The molecule has 0 radical (unpaired) electrons. The van der Waals surface area contributed by atoms with Gasteiger partial charge in [-0.2, -0.15) is 15.1 Å². The lowest BCUT2D eigenvalue weighted by atomic mass is 10.1. The zero-order valence-corrected chi connectivity index (χ0v) is 19.5. The quantitative estimate of drug-likeness (QED) is 0.404. The Balaban J connectivity index is 1.45. The van der Waals surface area contributed by atoms with Crippen LogP contribution in [0.2, 0.25) is 0 Å². The third-order valence-electron chi connectivity index (χ3n) is 5.93. The van der Waals surface area contributed by atoms with Crippen molar-refractivity contribution >= 4 is 28.4 Å². The summed E-state index contributed by atoms with van der Waals surface area (Å²) < 4.78 is 6.13. The highest BCUT2D eigenvalue weighted by Crippen LogP contribution is 2.28. The normalized spacial score (nSPS) is 14.9. The minimum absolute atomic E-state index is 0.306. The molecule has 0 aliphatic carbocycles. The number of nitrogens with one attached hydrogen (secondary N) is 3. The molecule has 0 saturated carbocycles. The number of nitrogens with zero attached hydrogens (tertiary/aromatic N) is 5. The number of benzene rings is 1. The first-order valence-corrected chi connectivity index (χ1v) is 11.3. The minimum Gasteiger partial charge on any atom is -0.424 e. The van der Waals surface area contributed by atoms with Gasteiger partial charge in [-0.3, -0.25) is 5.10 Å². The van der Waals surface area contributed by atoms with Crippen molar-refractivity contribution in [1.29, 1.82) is 0 Å². The molecule has 0 atom stereocenters. The molecule has 3 N–H and O–H groups in total. The number of hydrogen-bond donors (Lipinski definition) is 3. The molecule has 1 saturated heterocycles. The molecule has 4 aromatic rings. The topological polar surface area (TPSA) is 98.0 Å². The summed E-state index contributed by atoms with van der Waals surface area (Å²) in [7, 11) is 2.14. The monoisotopic (exact) mass is 446 g/mol. The summed E-state index contributed by atoms with van der Waals surface area (Å²) in [5.74, 6) is 3.27. The predicted molar refractivity (Wildman–Crippen MR) is 131 cm³/mol. The average Bonchev–Trinajstić information content (AvgIpc) is 3.39. The van der Waals surface area contributed by atoms with Gasteiger partial charge < -0.3 is 24.8 Å². The second-order valence-corrected chi connectivity index (χ2v) is 8.98. The number of fused-ring (bicyclic) bond motifs is 1. The third kappa shape index (κ3) is 4.78. The minimum atomic E-state index is 0.306. The highest BCUT2D eigenvalue weighted by molar-refractivity contribution is 5.81. The number of rotatable bonds is 6. The van der Waals surface area contributed by atoms with Gasteiger partial charge in [-0.25, -0.2) is 0 Å². The number of anilines is 3. The Morgan fingerprint density at radius 1 is 1.00 bits per heavy atom. The number of hydrogen-bond acceptors (Lipinski definition) is 7. The van der Waals surface area contributed by atoms with E-state index in [9.17, 15) is 0 Å². The number of aromatic nitrogens is 5. The molecule has 9 nitrogen and oxygen atoms in total.